The molecule has 3 unspecified atom stereocenters. The SMILES string of the molecule is CCC(O)CNC(=O)C1CCCC1C(=O)O. The summed E-state index contributed by atoms with van der Waals surface area (Å²) in [5.74, 6) is -2.12. The highest BCUT2D eigenvalue weighted by Crippen LogP contribution is 2.31. The standard InChI is InChI=1S/C11H19NO4/c1-2-7(13)6-12-10(14)8-4-3-5-9(8)11(15)16/h7-9,13H,2-6H2,1H3,(H,12,14)(H,15,16). The molecule has 0 bridgehead atoms. The van der Waals surface area contributed by atoms with E-state index < -0.39 is 23.9 Å². The van der Waals surface area contributed by atoms with Gasteiger partial charge in [-0.2, -0.15) is 0 Å². The van der Waals surface area contributed by atoms with Crippen LogP contribution >= 0.6 is 0 Å². The van der Waals surface area contributed by atoms with Crippen LogP contribution in [0.25, 0.3) is 0 Å². The van der Waals surface area contributed by atoms with Crippen LogP contribution in [0.4, 0.5) is 0 Å². The first-order chi connectivity index (χ1) is 7.56. The van der Waals surface area contributed by atoms with Gasteiger partial charge in [0.05, 0.1) is 17.9 Å². The lowest BCUT2D eigenvalue weighted by molar-refractivity contribution is -0.146. The molecule has 1 saturated carbocycles. The Morgan fingerprint density at radius 1 is 1.38 bits per heavy atom. The quantitative estimate of drug-likeness (QED) is 0.636. The van der Waals surface area contributed by atoms with E-state index in [0.717, 1.165) is 6.42 Å². The van der Waals surface area contributed by atoms with Crippen LogP contribution in [-0.4, -0.2) is 34.7 Å². The third-order valence-corrected chi connectivity index (χ3v) is 3.15. The molecule has 1 aliphatic rings. The van der Waals surface area contributed by atoms with Gasteiger partial charge in [-0.15, -0.1) is 0 Å². The van der Waals surface area contributed by atoms with Crippen molar-refractivity contribution in [1.82, 2.24) is 5.32 Å². The normalized spacial score (nSPS) is 26.4. The van der Waals surface area contributed by atoms with Crippen molar-refractivity contribution in [1.29, 1.82) is 0 Å². The van der Waals surface area contributed by atoms with Gasteiger partial charge < -0.3 is 15.5 Å². The number of carboxylic acid groups (broad SMARTS) is 1. The molecule has 1 fully saturated rings. The second-order valence-electron chi connectivity index (χ2n) is 4.29. The number of carboxylic acids is 1. The Balaban J connectivity index is 2.44. The lowest BCUT2D eigenvalue weighted by atomic mass is 9.95. The molecule has 5 heteroatoms. The van der Waals surface area contributed by atoms with E-state index in [-0.39, 0.29) is 12.5 Å². The zero-order valence-electron chi connectivity index (χ0n) is 9.48. The molecular formula is C11H19NO4. The Kier molecular flexibility index (Phi) is 4.73. The summed E-state index contributed by atoms with van der Waals surface area (Å²) < 4.78 is 0. The number of aliphatic hydroxyl groups is 1. The zero-order valence-corrected chi connectivity index (χ0v) is 9.48. The number of aliphatic hydroxyl groups excluding tert-OH is 1. The van der Waals surface area contributed by atoms with Crippen molar-refractivity contribution in [2.75, 3.05) is 6.54 Å². The molecule has 0 spiro atoms. The van der Waals surface area contributed by atoms with Crippen molar-refractivity contribution in [3.63, 3.8) is 0 Å². The number of amides is 1. The van der Waals surface area contributed by atoms with Gasteiger partial charge in [-0.05, 0) is 19.3 Å². The fraction of sp³-hybridized carbons (Fsp3) is 0.818. The predicted octanol–water partition coefficient (Wildman–Crippen LogP) is 0.374. The summed E-state index contributed by atoms with van der Waals surface area (Å²) >= 11 is 0. The zero-order chi connectivity index (χ0) is 12.1. The summed E-state index contributed by atoms with van der Waals surface area (Å²) in [5, 5.41) is 20.8. The third-order valence-electron chi connectivity index (χ3n) is 3.15. The summed E-state index contributed by atoms with van der Waals surface area (Å²) in [6.45, 7) is 2.03. The number of rotatable bonds is 5. The predicted molar refractivity (Wildman–Crippen MR) is 57.8 cm³/mol. The average molecular weight is 229 g/mol. The molecule has 1 amide bonds. The first kappa shape index (κ1) is 13.0. The monoisotopic (exact) mass is 229 g/mol. The second kappa shape index (κ2) is 5.84. The van der Waals surface area contributed by atoms with Crippen LogP contribution in [-0.2, 0) is 9.59 Å². The van der Waals surface area contributed by atoms with Crippen molar-refractivity contribution >= 4 is 11.9 Å². The molecule has 0 aromatic heterocycles. The molecule has 0 radical (unpaired) electrons. The fourth-order valence-corrected chi connectivity index (χ4v) is 2.06. The van der Waals surface area contributed by atoms with E-state index in [9.17, 15) is 14.7 Å². The van der Waals surface area contributed by atoms with Gasteiger partial charge in [0.25, 0.3) is 0 Å². The van der Waals surface area contributed by atoms with Crippen LogP contribution < -0.4 is 5.32 Å². The fourth-order valence-electron chi connectivity index (χ4n) is 2.06. The number of carbonyl (C=O) groups excluding carboxylic acids is 1. The summed E-state index contributed by atoms with van der Waals surface area (Å²) in [7, 11) is 0. The Labute approximate surface area is 94.8 Å². The van der Waals surface area contributed by atoms with Gasteiger partial charge in [-0.1, -0.05) is 13.3 Å². The van der Waals surface area contributed by atoms with Crippen LogP contribution in [0.2, 0.25) is 0 Å². The van der Waals surface area contributed by atoms with Gasteiger partial charge in [0.2, 0.25) is 5.91 Å². The molecular weight excluding hydrogens is 210 g/mol. The van der Waals surface area contributed by atoms with Crippen LogP contribution in [0.3, 0.4) is 0 Å². The van der Waals surface area contributed by atoms with Crippen molar-refractivity contribution in [2.45, 2.75) is 38.7 Å². The van der Waals surface area contributed by atoms with Gasteiger partial charge in [-0.25, -0.2) is 0 Å². The number of hydrogen-bond donors (Lipinski definition) is 3. The molecule has 0 aromatic carbocycles. The molecule has 3 atom stereocenters. The first-order valence-corrected chi connectivity index (χ1v) is 5.74. The lowest BCUT2D eigenvalue weighted by Gasteiger charge is -2.16. The highest BCUT2D eigenvalue weighted by molar-refractivity contribution is 5.85. The largest absolute Gasteiger partial charge is 0.481 e. The number of aliphatic carboxylic acids is 1. The van der Waals surface area contributed by atoms with Crippen molar-refractivity contribution in [3.05, 3.63) is 0 Å². The van der Waals surface area contributed by atoms with E-state index in [1.165, 1.54) is 0 Å². The minimum absolute atomic E-state index is 0.207. The van der Waals surface area contributed by atoms with Gasteiger partial charge in [0.1, 0.15) is 0 Å². The Bertz CT molecular complexity index is 267. The average Bonchev–Trinajstić information content (AvgIpc) is 2.74. The molecule has 16 heavy (non-hydrogen) atoms. The van der Waals surface area contributed by atoms with E-state index in [1.807, 2.05) is 6.92 Å². The maximum Gasteiger partial charge on any atom is 0.307 e. The highest BCUT2D eigenvalue weighted by Gasteiger charge is 2.37. The van der Waals surface area contributed by atoms with Crippen LogP contribution in [0.15, 0.2) is 0 Å². The Morgan fingerprint density at radius 3 is 2.56 bits per heavy atom. The molecule has 1 aliphatic carbocycles. The number of hydrogen-bond acceptors (Lipinski definition) is 3. The smallest absolute Gasteiger partial charge is 0.307 e. The van der Waals surface area contributed by atoms with Crippen LogP contribution in [0, 0.1) is 11.8 Å². The molecule has 5 nitrogen and oxygen atoms in total. The third kappa shape index (κ3) is 3.20. The first-order valence-electron chi connectivity index (χ1n) is 5.74. The van der Waals surface area contributed by atoms with Crippen molar-refractivity contribution in [2.24, 2.45) is 11.8 Å². The van der Waals surface area contributed by atoms with Crippen molar-refractivity contribution in [3.8, 4) is 0 Å². The van der Waals surface area contributed by atoms with Crippen LogP contribution in [0.5, 0.6) is 0 Å². The minimum Gasteiger partial charge on any atom is -0.481 e. The molecule has 1 rings (SSSR count). The molecule has 0 heterocycles. The second-order valence-corrected chi connectivity index (χ2v) is 4.29. The molecule has 92 valence electrons. The lowest BCUT2D eigenvalue weighted by Crippen LogP contribution is -2.39. The maximum absolute atomic E-state index is 11.7. The Hall–Kier alpha value is -1.10. The molecule has 0 saturated heterocycles. The maximum atomic E-state index is 11.7. The molecule has 3 N–H and O–H groups in total. The summed E-state index contributed by atoms with van der Waals surface area (Å²) in [4.78, 5) is 22.6. The topological polar surface area (TPSA) is 86.6 Å². The van der Waals surface area contributed by atoms with E-state index in [1.54, 1.807) is 0 Å². The van der Waals surface area contributed by atoms with Gasteiger partial charge in [0.15, 0.2) is 0 Å². The van der Waals surface area contributed by atoms with Gasteiger partial charge in [0, 0.05) is 6.54 Å². The van der Waals surface area contributed by atoms with Crippen LogP contribution in [0.1, 0.15) is 32.6 Å². The van der Waals surface area contributed by atoms with E-state index in [0.29, 0.717) is 19.3 Å². The van der Waals surface area contributed by atoms with Gasteiger partial charge in [-0.3, -0.25) is 9.59 Å². The number of carbonyl (C=O) groups is 2. The Morgan fingerprint density at radius 2 is 2.00 bits per heavy atom. The highest BCUT2D eigenvalue weighted by atomic mass is 16.4. The minimum atomic E-state index is -0.895. The van der Waals surface area contributed by atoms with E-state index in [4.69, 9.17) is 5.11 Å². The van der Waals surface area contributed by atoms with E-state index >= 15 is 0 Å². The van der Waals surface area contributed by atoms with Gasteiger partial charge >= 0.3 is 5.97 Å². The summed E-state index contributed by atoms with van der Waals surface area (Å²) in [6.07, 6.45) is 2.02. The van der Waals surface area contributed by atoms with Crippen molar-refractivity contribution < 1.29 is 19.8 Å². The summed E-state index contributed by atoms with van der Waals surface area (Å²) in [5.41, 5.74) is 0. The van der Waals surface area contributed by atoms with E-state index in [2.05, 4.69) is 5.32 Å². The summed E-state index contributed by atoms with van der Waals surface area (Å²) in [6, 6.07) is 0. The molecule has 0 aliphatic heterocycles. The number of nitrogens with one attached hydrogen (secondary N) is 1. The molecule has 0 aromatic rings.